The van der Waals surface area contributed by atoms with Crippen LogP contribution in [0.4, 0.5) is 11.4 Å². The van der Waals surface area contributed by atoms with Gasteiger partial charge in [0.05, 0.1) is 6.61 Å². The molecule has 10 nitrogen and oxygen atoms in total. The summed E-state index contributed by atoms with van der Waals surface area (Å²) in [6, 6.07) is 30.0. The highest BCUT2D eigenvalue weighted by Crippen LogP contribution is 2.46. The normalized spacial score (nSPS) is 17.0. The SMILES string of the molecule is CN(C)c1ccc(CNC(=O)[C@]2(Cc3ccccc3Br)N=C(c3ccc(OCCCO)cc3)O[C@@H]2c2ccccc2N=[N+]=[N-])cc1. The smallest absolute Gasteiger partial charge is 0.252 e. The number of hydrogen-bond donors (Lipinski definition) is 2. The Hall–Kier alpha value is -4.83. The fourth-order valence-electron chi connectivity index (χ4n) is 5.29. The summed E-state index contributed by atoms with van der Waals surface area (Å²) in [5.41, 5.74) is 12.3. The van der Waals surface area contributed by atoms with Crippen molar-refractivity contribution in [3.63, 3.8) is 0 Å². The minimum atomic E-state index is -1.47. The molecule has 0 bridgehead atoms. The fourth-order valence-corrected chi connectivity index (χ4v) is 5.71. The first-order valence-electron chi connectivity index (χ1n) is 14.9. The highest BCUT2D eigenvalue weighted by molar-refractivity contribution is 9.10. The van der Waals surface area contributed by atoms with E-state index in [0.29, 0.717) is 35.6 Å². The van der Waals surface area contributed by atoms with Crippen molar-refractivity contribution >= 4 is 39.1 Å². The van der Waals surface area contributed by atoms with Crippen LogP contribution < -0.4 is 15.0 Å². The molecule has 5 rings (SSSR count). The van der Waals surface area contributed by atoms with Crippen LogP contribution in [0.2, 0.25) is 0 Å². The van der Waals surface area contributed by atoms with Gasteiger partial charge in [0.25, 0.3) is 5.91 Å². The van der Waals surface area contributed by atoms with Crippen LogP contribution in [0, 0.1) is 0 Å². The third kappa shape index (κ3) is 7.34. The van der Waals surface area contributed by atoms with E-state index in [-0.39, 0.29) is 31.4 Å². The average Bonchev–Trinajstić information content (AvgIpc) is 3.46. The van der Waals surface area contributed by atoms with Crippen LogP contribution in [-0.4, -0.2) is 49.8 Å². The van der Waals surface area contributed by atoms with Crippen LogP contribution in [-0.2, 0) is 22.5 Å². The molecule has 1 aliphatic heterocycles. The van der Waals surface area contributed by atoms with E-state index in [1.54, 1.807) is 30.3 Å². The lowest BCUT2D eigenvalue weighted by atomic mass is 9.81. The number of azide groups is 1. The second-order valence-corrected chi connectivity index (χ2v) is 11.9. The van der Waals surface area contributed by atoms with Crippen molar-refractivity contribution in [3.05, 3.63) is 134 Å². The van der Waals surface area contributed by atoms with Gasteiger partial charge in [0.15, 0.2) is 11.6 Å². The van der Waals surface area contributed by atoms with E-state index in [1.165, 1.54) is 0 Å². The summed E-state index contributed by atoms with van der Waals surface area (Å²) in [5.74, 6) is 0.582. The molecule has 0 spiro atoms. The third-order valence-electron chi connectivity index (χ3n) is 7.73. The summed E-state index contributed by atoms with van der Waals surface area (Å²) >= 11 is 3.66. The molecule has 46 heavy (non-hydrogen) atoms. The number of hydrogen-bond acceptors (Lipinski definition) is 7. The van der Waals surface area contributed by atoms with Gasteiger partial charge in [-0.05, 0) is 59.1 Å². The fraction of sp³-hybridized carbons (Fsp3) is 0.257. The van der Waals surface area contributed by atoms with Gasteiger partial charge in [-0.25, -0.2) is 4.99 Å². The molecular formula is C35H35BrN6O4. The molecule has 2 atom stereocenters. The Kier molecular flexibility index (Phi) is 10.6. The monoisotopic (exact) mass is 682 g/mol. The Morgan fingerprint density at radius 1 is 1.07 bits per heavy atom. The molecule has 0 saturated heterocycles. The van der Waals surface area contributed by atoms with Gasteiger partial charge in [-0.3, -0.25) is 4.79 Å². The third-order valence-corrected chi connectivity index (χ3v) is 8.50. The summed E-state index contributed by atoms with van der Waals surface area (Å²) < 4.78 is 13.1. The number of rotatable bonds is 13. The van der Waals surface area contributed by atoms with Crippen molar-refractivity contribution in [2.45, 2.75) is 31.0 Å². The van der Waals surface area contributed by atoms with E-state index in [9.17, 15) is 10.3 Å². The van der Waals surface area contributed by atoms with Crippen LogP contribution in [0.5, 0.6) is 5.75 Å². The number of ether oxygens (including phenoxy) is 2. The molecule has 0 aromatic heterocycles. The molecule has 0 saturated carbocycles. The molecule has 0 radical (unpaired) electrons. The minimum absolute atomic E-state index is 0.0461. The molecule has 4 aromatic carbocycles. The quantitative estimate of drug-likeness (QED) is 0.0676. The largest absolute Gasteiger partial charge is 0.494 e. The Balaban J connectivity index is 1.59. The van der Waals surface area contributed by atoms with Gasteiger partial charge in [0, 0.05) is 72.0 Å². The number of amides is 1. The van der Waals surface area contributed by atoms with Crippen LogP contribution >= 0.6 is 15.9 Å². The van der Waals surface area contributed by atoms with Crippen molar-refractivity contribution in [1.82, 2.24) is 5.32 Å². The summed E-state index contributed by atoms with van der Waals surface area (Å²) in [5, 5.41) is 16.1. The summed E-state index contributed by atoms with van der Waals surface area (Å²) in [4.78, 5) is 24.7. The molecule has 4 aromatic rings. The molecule has 0 aliphatic carbocycles. The Morgan fingerprint density at radius 3 is 2.48 bits per heavy atom. The van der Waals surface area contributed by atoms with Crippen LogP contribution in [0.25, 0.3) is 10.4 Å². The molecule has 236 valence electrons. The second-order valence-electron chi connectivity index (χ2n) is 11.0. The number of nitrogens with one attached hydrogen (secondary N) is 1. The van der Waals surface area contributed by atoms with Crippen molar-refractivity contribution in [2.24, 2.45) is 10.1 Å². The molecule has 1 aliphatic rings. The summed E-state index contributed by atoms with van der Waals surface area (Å²) in [7, 11) is 3.95. The number of aliphatic hydroxyl groups is 1. The average molecular weight is 684 g/mol. The Labute approximate surface area is 276 Å². The molecule has 1 amide bonds. The predicted octanol–water partition coefficient (Wildman–Crippen LogP) is 7.03. The number of anilines is 1. The number of benzene rings is 4. The number of nitrogens with zero attached hydrogens (tertiary/aromatic N) is 5. The van der Waals surface area contributed by atoms with E-state index >= 15 is 0 Å². The molecular weight excluding hydrogens is 648 g/mol. The van der Waals surface area contributed by atoms with E-state index in [2.05, 4.69) is 31.3 Å². The summed E-state index contributed by atoms with van der Waals surface area (Å²) in [6.07, 6.45) is -0.204. The van der Waals surface area contributed by atoms with E-state index < -0.39 is 11.6 Å². The first-order valence-corrected chi connectivity index (χ1v) is 15.7. The number of halogens is 1. The van der Waals surface area contributed by atoms with Crippen LogP contribution in [0.3, 0.4) is 0 Å². The van der Waals surface area contributed by atoms with E-state index in [1.807, 2.05) is 85.7 Å². The van der Waals surface area contributed by atoms with Crippen LogP contribution in [0.15, 0.2) is 112 Å². The Morgan fingerprint density at radius 2 is 1.78 bits per heavy atom. The number of aliphatic hydroxyl groups excluding tert-OH is 1. The van der Waals surface area contributed by atoms with Crippen molar-refractivity contribution in [3.8, 4) is 5.75 Å². The maximum absolute atomic E-state index is 14.6. The second kappa shape index (κ2) is 15.0. The summed E-state index contributed by atoms with van der Waals surface area (Å²) in [6.45, 7) is 0.711. The van der Waals surface area contributed by atoms with Crippen molar-refractivity contribution in [1.29, 1.82) is 0 Å². The predicted molar refractivity (Wildman–Crippen MR) is 182 cm³/mol. The maximum Gasteiger partial charge on any atom is 0.252 e. The molecule has 0 fully saturated rings. The molecule has 0 unspecified atom stereocenters. The zero-order valence-corrected chi connectivity index (χ0v) is 27.2. The van der Waals surface area contributed by atoms with Crippen molar-refractivity contribution in [2.75, 3.05) is 32.2 Å². The highest BCUT2D eigenvalue weighted by atomic mass is 79.9. The lowest BCUT2D eigenvalue weighted by Gasteiger charge is -2.31. The molecule has 2 N–H and O–H groups in total. The first-order chi connectivity index (χ1) is 22.3. The zero-order valence-electron chi connectivity index (χ0n) is 25.6. The molecule has 1 heterocycles. The van der Waals surface area contributed by atoms with Gasteiger partial charge in [0.1, 0.15) is 5.75 Å². The minimum Gasteiger partial charge on any atom is -0.494 e. The Bertz CT molecular complexity index is 1740. The van der Waals surface area contributed by atoms with Crippen LogP contribution in [0.1, 0.15) is 34.8 Å². The van der Waals surface area contributed by atoms with E-state index in [0.717, 1.165) is 21.3 Å². The lowest BCUT2D eigenvalue weighted by Crippen LogP contribution is -2.49. The number of carbonyl (C=O) groups excluding carboxylic acids is 1. The number of aliphatic imine (C=N–C) groups is 1. The van der Waals surface area contributed by atoms with Gasteiger partial charge in [-0.2, -0.15) is 0 Å². The standard InChI is InChI=1S/C35H35BrN6O4/c1-42(2)27-16-12-24(13-17-27)23-38-34(44)35(22-26-8-3-5-10-30(26)36)32(29-9-4-6-11-31(29)40-41-37)46-33(39-35)25-14-18-28(19-15-25)45-21-7-20-43/h3-6,8-19,32,43H,7,20-23H2,1-2H3,(H,38,44)/t32-,35-/m1/s1. The number of carbonyl (C=O) groups is 1. The topological polar surface area (TPSA) is 132 Å². The van der Waals surface area contributed by atoms with Gasteiger partial charge >= 0.3 is 0 Å². The maximum atomic E-state index is 14.6. The van der Waals surface area contributed by atoms with Gasteiger partial charge in [0.2, 0.25) is 5.90 Å². The van der Waals surface area contributed by atoms with E-state index in [4.69, 9.17) is 19.6 Å². The van der Waals surface area contributed by atoms with Gasteiger partial charge in [-0.1, -0.05) is 75.6 Å². The van der Waals surface area contributed by atoms with Gasteiger partial charge in [-0.15, -0.1) is 0 Å². The zero-order chi connectivity index (χ0) is 32.5. The lowest BCUT2D eigenvalue weighted by molar-refractivity contribution is -0.129. The molecule has 11 heteroatoms. The van der Waals surface area contributed by atoms with Gasteiger partial charge < -0.3 is 24.8 Å². The first kappa shape index (κ1) is 32.6. The highest BCUT2D eigenvalue weighted by Gasteiger charge is 2.54. The van der Waals surface area contributed by atoms with Crippen molar-refractivity contribution < 1.29 is 19.4 Å².